The molecule has 0 bridgehead atoms. The molecule has 2 heterocycles. The van der Waals surface area contributed by atoms with Crippen LogP contribution in [-0.4, -0.2) is 10.9 Å². The predicted molar refractivity (Wildman–Crippen MR) is 103 cm³/mol. The maximum absolute atomic E-state index is 11.5. The topological polar surface area (TPSA) is 67.2 Å². The molecule has 0 fully saturated rings. The highest BCUT2D eigenvalue weighted by atomic mass is 35.5. The number of carbonyl (C=O) groups excluding carboxylic acids is 1. The van der Waals surface area contributed by atoms with Crippen molar-refractivity contribution in [3.8, 4) is 11.3 Å². The fourth-order valence-electron chi connectivity index (χ4n) is 2.93. The minimum Gasteiger partial charge on any atom is -0.438 e. The summed E-state index contributed by atoms with van der Waals surface area (Å²) in [6, 6.07) is 10.8. The lowest BCUT2D eigenvalue weighted by Crippen LogP contribution is -2.07. The Morgan fingerprint density at radius 1 is 1.23 bits per heavy atom. The summed E-state index contributed by atoms with van der Waals surface area (Å²) in [5, 5.41) is 7.24. The summed E-state index contributed by atoms with van der Waals surface area (Å²) in [5.74, 6) is 1.14. The summed E-state index contributed by atoms with van der Waals surface area (Å²) in [7, 11) is 0. The van der Waals surface area contributed by atoms with Gasteiger partial charge in [0.2, 0.25) is 11.8 Å². The number of carbonyl (C=O) groups is 1. The summed E-state index contributed by atoms with van der Waals surface area (Å²) in [5.41, 5.74) is 3.48. The highest BCUT2D eigenvalue weighted by Gasteiger charge is 2.19. The van der Waals surface area contributed by atoms with Crippen LogP contribution in [0.1, 0.15) is 24.4 Å². The largest absolute Gasteiger partial charge is 0.438 e. The molecule has 1 aliphatic heterocycles. The third-order valence-electron chi connectivity index (χ3n) is 4.20. The molecule has 0 saturated carbocycles. The van der Waals surface area contributed by atoms with E-state index >= 15 is 0 Å². The summed E-state index contributed by atoms with van der Waals surface area (Å²) >= 11 is 12.2. The molecule has 1 amide bonds. The van der Waals surface area contributed by atoms with Gasteiger partial charge in [0.05, 0.1) is 17.6 Å². The molecule has 4 rings (SSSR count). The molecular formula is C19H15Cl2N3O2. The molecule has 26 heavy (non-hydrogen) atoms. The van der Waals surface area contributed by atoms with Gasteiger partial charge < -0.3 is 15.1 Å². The maximum atomic E-state index is 11.5. The van der Waals surface area contributed by atoms with Crippen LogP contribution in [0.15, 0.2) is 47.0 Å². The van der Waals surface area contributed by atoms with E-state index in [0.29, 0.717) is 28.1 Å². The number of halogens is 2. The molecule has 132 valence electrons. The molecule has 0 spiro atoms. The summed E-state index contributed by atoms with van der Waals surface area (Å²) in [6.45, 7) is 1.95. The quantitative estimate of drug-likeness (QED) is 0.635. The number of hydrogen-bond donors (Lipinski definition) is 2. The van der Waals surface area contributed by atoms with Crippen LogP contribution in [0.4, 0.5) is 11.4 Å². The lowest BCUT2D eigenvalue weighted by molar-refractivity contribution is -0.115. The zero-order valence-corrected chi connectivity index (χ0v) is 15.4. The summed E-state index contributed by atoms with van der Waals surface area (Å²) in [4.78, 5) is 15.8. The zero-order valence-electron chi connectivity index (χ0n) is 13.8. The molecule has 1 aliphatic rings. The van der Waals surface area contributed by atoms with Crippen LogP contribution >= 0.6 is 23.2 Å². The average Bonchev–Trinajstić information content (AvgIpc) is 3.20. The number of oxazole rings is 1. The number of anilines is 2. The predicted octanol–water partition coefficient (Wildman–Crippen LogP) is 5.32. The van der Waals surface area contributed by atoms with E-state index in [9.17, 15) is 4.79 Å². The fourth-order valence-corrected chi connectivity index (χ4v) is 3.43. The van der Waals surface area contributed by atoms with E-state index in [4.69, 9.17) is 27.6 Å². The van der Waals surface area contributed by atoms with Gasteiger partial charge in [-0.15, -0.1) is 0 Å². The highest BCUT2D eigenvalue weighted by Crippen LogP contribution is 2.33. The Labute approximate surface area is 160 Å². The van der Waals surface area contributed by atoms with Crippen molar-refractivity contribution in [2.24, 2.45) is 0 Å². The minimum atomic E-state index is -0.155. The summed E-state index contributed by atoms with van der Waals surface area (Å²) in [6.07, 6.45) is 2.05. The second-order valence-corrected chi connectivity index (χ2v) is 6.99. The Morgan fingerprint density at radius 3 is 2.88 bits per heavy atom. The first-order chi connectivity index (χ1) is 12.5. The lowest BCUT2D eigenvalue weighted by Gasteiger charge is -2.13. The molecule has 0 aliphatic carbocycles. The van der Waals surface area contributed by atoms with Crippen molar-refractivity contribution in [1.29, 1.82) is 0 Å². The first kappa shape index (κ1) is 16.9. The number of rotatable bonds is 4. The van der Waals surface area contributed by atoms with Crippen LogP contribution in [0.2, 0.25) is 10.0 Å². The van der Waals surface area contributed by atoms with Crippen molar-refractivity contribution >= 4 is 40.5 Å². The molecule has 0 unspecified atom stereocenters. The van der Waals surface area contributed by atoms with E-state index in [-0.39, 0.29) is 11.9 Å². The van der Waals surface area contributed by atoms with Crippen LogP contribution in [0.25, 0.3) is 11.3 Å². The molecular weight excluding hydrogens is 373 g/mol. The number of hydrogen-bond acceptors (Lipinski definition) is 4. The number of fused-ring (bicyclic) bond motifs is 1. The smallest absolute Gasteiger partial charge is 0.228 e. The minimum absolute atomic E-state index is 0.0161. The van der Waals surface area contributed by atoms with Crippen molar-refractivity contribution in [2.45, 2.75) is 19.4 Å². The Kier molecular flexibility index (Phi) is 4.34. The van der Waals surface area contributed by atoms with Gasteiger partial charge in [-0.3, -0.25) is 4.79 Å². The molecule has 5 nitrogen and oxygen atoms in total. The second-order valence-electron chi connectivity index (χ2n) is 6.15. The average molecular weight is 388 g/mol. The summed E-state index contributed by atoms with van der Waals surface area (Å²) < 4.78 is 5.87. The molecule has 2 N–H and O–H groups in total. The molecule has 3 aromatic rings. The third kappa shape index (κ3) is 3.28. The SMILES string of the molecule is C[C@@H](Nc1ccc2c(c1)CC(=O)N2)c1ncc(-c2ccc(Cl)cc2Cl)o1. The van der Waals surface area contributed by atoms with Crippen molar-refractivity contribution in [2.75, 3.05) is 10.6 Å². The third-order valence-corrected chi connectivity index (χ3v) is 4.75. The Bertz CT molecular complexity index is 1000. The molecule has 1 atom stereocenters. The van der Waals surface area contributed by atoms with E-state index in [1.807, 2.05) is 25.1 Å². The van der Waals surface area contributed by atoms with Gasteiger partial charge in [0.25, 0.3) is 0 Å². The molecule has 0 radical (unpaired) electrons. The van der Waals surface area contributed by atoms with Crippen LogP contribution in [0.3, 0.4) is 0 Å². The molecule has 0 saturated heterocycles. The van der Waals surface area contributed by atoms with Gasteiger partial charge in [-0.25, -0.2) is 4.98 Å². The van der Waals surface area contributed by atoms with Crippen LogP contribution in [0.5, 0.6) is 0 Å². The monoisotopic (exact) mass is 387 g/mol. The van der Waals surface area contributed by atoms with Gasteiger partial charge in [0.1, 0.15) is 6.04 Å². The van der Waals surface area contributed by atoms with Gasteiger partial charge in [-0.2, -0.15) is 0 Å². The number of nitrogens with one attached hydrogen (secondary N) is 2. The van der Waals surface area contributed by atoms with Crippen LogP contribution < -0.4 is 10.6 Å². The Morgan fingerprint density at radius 2 is 2.08 bits per heavy atom. The van der Waals surface area contributed by atoms with Crippen LogP contribution in [0, 0.1) is 0 Å². The van der Waals surface area contributed by atoms with Gasteiger partial charge in [-0.05, 0) is 48.9 Å². The zero-order chi connectivity index (χ0) is 18.3. The highest BCUT2D eigenvalue weighted by molar-refractivity contribution is 6.36. The lowest BCUT2D eigenvalue weighted by atomic mass is 10.1. The van der Waals surface area contributed by atoms with Crippen LogP contribution in [-0.2, 0) is 11.2 Å². The van der Waals surface area contributed by atoms with Crippen molar-refractivity contribution in [3.63, 3.8) is 0 Å². The number of amides is 1. The van der Waals surface area contributed by atoms with E-state index in [1.165, 1.54) is 0 Å². The van der Waals surface area contributed by atoms with E-state index in [2.05, 4.69) is 15.6 Å². The van der Waals surface area contributed by atoms with Gasteiger partial charge >= 0.3 is 0 Å². The van der Waals surface area contributed by atoms with Crippen molar-refractivity contribution < 1.29 is 9.21 Å². The first-order valence-electron chi connectivity index (χ1n) is 8.10. The second kappa shape index (κ2) is 6.67. The fraction of sp³-hybridized carbons (Fsp3) is 0.158. The van der Waals surface area contributed by atoms with Gasteiger partial charge in [0, 0.05) is 22.0 Å². The van der Waals surface area contributed by atoms with Gasteiger partial charge in [-0.1, -0.05) is 23.2 Å². The maximum Gasteiger partial charge on any atom is 0.228 e. The standard InChI is InChI=1S/C19H15Cl2N3O2/c1-10(23-13-3-5-16-11(6-13)7-18(25)24-16)19-22-9-17(26-19)14-4-2-12(20)8-15(14)21/h2-6,8-10,23H,7H2,1H3,(H,24,25)/t10-/m1/s1. The molecule has 1 aromatic heterocycles. The van der Waals surface area contributed by atoms with Crippen molar-refractivity contribution in [3.05, 3.63) is 64.1 Å². The molecule has 2 aromatic carbocycles. The number of aromatic nitrogens is 1. The van der Waals surface area contributed by atoms with Crippen molar-refractivity contribution in [1.82, 2.24) is 4.98 Å². The van der Waals surface area contributed by atoms with Gasteiger partial charge in [0.15, 0.2) is 5.76 Å². The Balaban J connectivity index is 1.53. The molecule has 7 heteroatoms. The van der Waals surface area contributed by atoms with E-state index in [0.717, 1.165) is 22.5 Å². The number of nitrogens with zero attached hydrogens (tertiary/aromatic N) is 1. The van der Waals surface area contributed by atoms with E-state index in [1.54, 1.807) is 24.4 Å². The normalized spacial score (nSPS) is 14.0. The Hall–Kier alpha value is -2.50. The first-order valence-corrected chi connectivity index (χ1v) is 8.85. The van der Waals surface area contributed by atoms with E-state index < -0.39 is 0 Å². The number of benzene rings is 2.